The quantitative estimate of drug-likeness (QED) is 0.859. The molecule has 0 aliphatic rings. The summed E-state index contributed by atoms with van der Waals surface area (Å²) in [6, 6.07) is 7.40. The second kappa shape index (κ2) is 5.07. The molecule has 0 spiro atoms. The van der Waals surface area contributed by atoms with Gasteiger partial charge in [-0.2, -0.15) is 5.26 Å². The lowest BCUT2D eigenvalue weighted by Crippen LogP contribution is -2.18. The van der Waals surface area contributed by atoms with Crippen molar-refractivity contribution in [1.82, 2.24) is 4.98 Å². The molecule has 1 aromatic heterocycles. The van der Waals surface area contributed by atoms with Gasteiger partial charge in [-0.1, -0.05) is 0 Å². The van der Waals surface area contributed by atoms with Gasteiger partial charge in [0.2, 0.25) is 0 Å². The largest absolute Gasteiger partial charge is 0.397 e. The minimum absolute atomic E-state index is 0.612. The van der Waals surface area contributed by atoms with Crippen LogP contribution in [-0.2, 0) is 6.54 Å². The number of nitrogens with zero attached hydrogens (tertiary/aromatic N) is 3. The van der Waals surface area contributed by atoms with Gasteiger partial charge in [0, 0.05) is 12.4 Å². The first-order valence-electron chi connectivity index (χ1n) is 5.52. The Kier molecular flexibility index (Phi) is 3.49. The molecule has 2 aromatic rings. The molecule has 0 bridgehead atoms. The molecule has 0 radical (unpaired) electrons. The lowest BCUT2D eigenvalue weighted by atomic mass is 10.1. The van der Waals surface area contributed by atoms with Crippen molar-refractivity contribution in [2.45, 2.75) is 13.5 Å². The SMILES string of the molecule is Cc1nc(CN(C)c2cc(C#N)ccc2N)cs1. The van der Waals surface area contributed by atoms with Gasteiger partial charge in [0.05, 0.1) is 40.3 Å². The number of rotatable bonds is 3. The van der Waals surface area contributed by atoms with E-state index in [2.05, 4.69) is 11.1 Å². The van der Waals surface area contributed by atoms with Crippen LogP contribution < -0.4 is 10.6 Å². The lowest BCUT2D eigenvalue weighted by Gasteiger charge is -2.20. The molecule has 5 heteroatoms. The van der Waals surface area contributed by atoms with Gasteiger partial charge in [0.25, 0.3) is 0 Å². The van der Waals surface area contributed by atoms with Crippen molar-refractivity contribution in [3.05, 3.63) is 39.8 Å². The van der Waals surface area contributed by atoms with Crippen LogP contribution in [0.2, 0.25) is 0 Å². The van der Waals surface area contributed by atoms with Crippen LogP contribution in [0.3, 0.4) is 0 Å². The van der Waals surface area contributed by atoms with E-state index in [0.717, 1.165) is 16.4 Å². The Bertz CT molecular complexity index is 597. The standard InChI is InChI=1S/C13H14N4S/c1-9-16-11(8-18-9)7-17(2)13-5-10(6-14)3-4-12(13)15/h3-5,8H,7,15H2,1-2H3. The molecular formula is C13H14N4S. The zero-order valence-corrected chi connectivity index (χ0v) is 11.2. The molecule has 2 N–H and O–H groups in total. The van der Waals surface area contributed by atoms with Gasteiger partial charge in [-0.15, -0.1) is 11.3 Å². The maximum Gasteiger partial charge on any atom is 0.0992 e. The summed E-state index contributed by atoms with van der Waals surface area (Å²) in [7, 11) is 1.95. The van der Waals surface area contributed by atoms with Crippen molar-refractivity contribution in [1.29, 1.82) is 5.26 Å². The van der Waals surface area contributed by atoms with E-state index >= 15 is 0 Å². The van der Waals surface area contributed by atoms with Gasteiger partial charge >= 0.3 is 0 Å². The molecule has 0 aliphatic heterocycles. The van der Waals surface area contributed by atoms with Crippen LogP contribution >= 0.6 is 11.3 Å². The zero-order valence-electron chi connectivity index (χ0n) is 10.3. The second-order valence-electron chi connectivity index (χ2n) is 4.10. The van der Waals surface area contributed by atoms with Gasteiger partial charge in [-0.25, -0.2) is 4.98 Å². The van der Waals surface area contributed by atoms with Crippen molar-refractivity contribution in [2.75, 3.05) is 17.7 Å². The van der Waals surface area contributed by atoms with E-state index < -0.39 is 0 Å². The van der Waals surface area contributed by atoms with Gasteiger partial charge in [0.15, 0.2) is 0 Å². The number of hydrogen-bond donors (Lipinski definition) is 1. The Morgan fingerprint density at radius 1 is 1.50 bits per heavy atom. The van der Waals surface area contributed by atoms with Crippen LogP contribution in [0.5, 0.6) is 0 Å². The smallest absolute Gasteiger partial charge is 0.0992 e. The minimum Gasteiger partial charge on any atom is -0.397 e. The Morgan fingerprint density at radius 3 is 2.89 bits per heavy atom. The third-order valence-electron chi connectivity index (χ3n) is 2.64. The number of aryl methyl sites for hydroxylation is 1. The van der Waals surface area contributed by atoms with Crippen molar-refractivity contribution >= 4 is 22.7 Å². The van der Waals surface area contributed by atoms with Crippen molar-refractivity contribution in [3.63, 3.8) is 0 Å². The zero-order chi connectivity index (χ0) is 13.1. The maximum atomic E-state index is 8.91. The fraction of sp³-hybridized carbons (Fsp3) is 0.231. The summed E-state index contributed by atoms with van der Waals surface area (Å²) in [5, 5.41) is 12.0. The number of thiazole rings is 1. The highest BCUT2D eigenvalue weighted by atomic mass is 32.1. The summed E-state index contributed by atoms with van der Waals surface area (Å²) in [4.78, 5) is 6.42. The molecule has 1 aromatic carbocycles. The highest BCUT2D eigenvalue weighted by molar-refractivity contribution is 7.09. The van der Waals surface area contributed by atoms with Gasteiger partial charge in [-0.3, -0.25) is 0 Å². The molecule has 0 saturated heterocycles. The van der Waals surface area contributed by atoms with E-state index in [1.165, 1.54) is 0 Å². The Labute approximate surface area is 110 Å². The third kappa shape index (κ3) is 2.60. The summed E-state index contributed by atoms with van der Waals surface area (Å²) in [6.45, 7) is 2.67. The molecule has 0 atom stereocenters. The van der Waals surface area contributed by atoms with E-state index in [0.29, 0.717) is 17.8 Å². The van der Waals surface area contributed by atoms with Crippen LogP contribution in [0.15, 0.2) is 23.6 Å². The van der Waals surface area contributed by atoms with Crippen LogP contribution in [0.4, 0.5) is 11.4 Å². The molecule has 0 fully saturated rings. The van der Waals surface area contributed by atoms with Crippen LogP contribution in [0, 0.1) is 18.3 Å². The Hall–Kier alpha value is -2.06. The summed E-state index contributed by atoms with van der Waals surface area (Å²) in [6.07, 6.45) is 0. The fourth-order valence-corrected chi connectivity index (χ4v) is 2.36. The minimum atomic E-state index is 0.612. The molecule has 0 saturated carbocycles. The van der Waals surface area contributed by atoms with E-state index in [4.69, 9.17) is 11.0 Å². The molecule has 2 rings (SSSR count). The normalized spacial score (nSPS) is 10.1. The number of benzene rings is 1. The summed E-state index contributed by atoms with van der Waals surface area (Å²) < 4.78 is 0. The highest BCUT2D eigenvalue weighted by Crippen LogP contribution is 2.25. The van der Waals surface area contributed by atoms with Crippen LogP contribution in [-0.4, -0.2) is 12.0 Å². The first-order valence-corrected chi connectivity index (χ1v) is 6.40. The average Bonchev–Trinajstić information content (AvgIpc) is 2.75. The molecular weight excluding hydrogens is 244 g/mol. The maximum absolute atomic E-state index is 8.91. The molecule has 1 heterocycles. The fourth-order valence-electron chi connectivity index (χ4n) is 1.75. The molecule has 92 valence electrons. The van der Waals surface area contributed by atoms with E-state index in [9.17, 15) is 0 Å². The number of nitriles is 1. The van der Waals surface area contributed by atoms with E-state index in [1.807, 2.05) is 24.3 Å². The molecule has 0 unspecified atom stereocenters. The highest BCUT2D eigenvalue weighted by Gasteiger charge is 2.09. The molecule has 18 heavy (non-hydrogen) atoms. The number of nitrogen functional groups attached to an aromatic ring is 1. The number of anilines is 2. The second-order valence-corrected chi connectivity index (χ2v) is 5.16. The number of hydrogen-bond acceptors (Lipinski definition) is 5. The number of aromatic nitrogens is 1. The van der Waals surface area contributed by atoms with Crippen molar-refractivity contribution in [3.8, 4) is 6.07 Å². The average molecular weight is 258 g/mol. The van der Waals surface area contributed by atoms with E-state index in [1.54, 1.807) is 29.5 Å². The lowest BCUT2D eigenvalue weighted by molar-refractivity contribution is 0.891. The summed E-state index contributed by atoms with van der Waals surface area (Å²) >= 11 is 1.63. The molecule has 0 amide bonds. The summed E-state index contributed by atoms with van der Waals surface area (Å²) in [5.74, 6) is 0. The third-order valence-corrected chi connectivity index (χ3v) is 3.46. The molecule has 0 aliphatic carbocycles. The van der Waals surface area contributed by atoms with Crippen LogP contribution in [0.1, 0.15) is 16.3 Å². The topological polar surface area (TPSA) is 65.9 Å². The van der Waals surface area contributed by atoms with Gasteiger partial charge in [-0.05, 0) is 25.1 Å². The predicted molar refractivity (Wildman–Crippen MR) is 74.5 cm³/mol. The predicted octanol–water partition coefficient (Wildman–Crippen LogP) is 2.54. The Balaban J connectivity index is 2.23. The van der Waals surface area contributed by atoms with E-state index in [-0.39, 0.29) is 0 Å². The molecule has 4 nitrogen and oxygen atoms in total. The van der Waals surface area contributed by atoms with Crippen molar-refractivity contribution in [2.24, 2.45) is 0 Å². The summed E-state index contributed by atoms with van der Waals surface area (Å²) in [5.41, 5.74) is 9.09. The first-order chi connectivity index (χ1) is 8.60. The van der Waals surface area contributed by atoms with Gasteiger partial charge < -0.3 is 10.6 Å². The Morgan fingerprint density at radius 2 is 2.28 bits per heavy atom. The monoisotopic (exact) mass is 258 g/mol. The number of nitrogens with two attached hydrogens (primary N) is 1. The van der Waals surface area contributed by atoms with Gasteiger partial charge in [0.1, 0.15) is 0 Å². The first kappa shape index (κ1) is 12.4. The van der Waals surface area contributed by atoms with Crippen LogP contribution in [0.25, 0.3) is 0 Å². The van der Waals surface area contributed by atoms with Crippen molar-refractivity contribution < 1.29 is 0 Å².